The fourth-order valence-corrected chi connectivity index (χ4v) is 2.69. The van der Waals surface area contributed by atoms with Crippen molar-refractivity contribution in [2.75, 3.05) is 11.9 Å². The van der Waals surface area contributed by atoms with Crippen LogP contribution in [0.4, 0.5) is 5.69 Å². The van der Waals surface area contributed by atoms with Gasteiger partial charge in [0.2, 0.25) is 0 Å². The van der Waals surface area contributed by atoms with E-state index in [4.69, 9.17) is 12.2 Å². The molecule has 0 bridgehead atoms. The van der Waals surface area contributed by atoms with E-state index in [1.165, 1.54) is 11.1 Å². The van der Waals surface area contributed by atoms with Crippen molar-refractivity contribution in [3.63, 3.8) is 0 Å². The summed E-state index contributed by atoms with van der Waals surface area (Å²) in [6.07, 6.45) is 4.69. The van der Waals surface area contributed by atoms with Crippen molar-refractivity contribution in [3.05, 3.63) is 84.2 Å². The minimum Gasteiger partial charge on any atom is -0.362 e. The maximum Gasteiger partial charge on any atom is 0.170 e. The molecule has 1 aromatic heterocycles. The molecule has 0 fully saturated rings. The van der Waals surface area contributed by atoms with E-state index >= 15 is 0 Å². The second-order valence-corrected chi connectivity index (χ2v) is 5.93. The molecule has 0 aliphatic carbocycles. The van der Waals surface area contributed by atoms with Gasteiger partial charge >= 0.3 is 0 Å². The van der Waals surface area contributed by atoms with Crippen LogP contribution >= 0.6 is 12.2 Å². The minimum absolute atomic E-state index is 0.641. The van der Waals surface area contributed by atoms with Crippen LogP contribution in [0.15, 0.2) is 73.1 Å². The summed E-state index contributed by atoms with van der Waals surface area (Å²) in [5.74, 6) is 0. The van der Waals surface area contributed by atoms with Crippen LogP contribution < -0.4 is 10.6 Å². The molecule has 0 saturated carbocycles. The average molecular weight is 336 g/mol. The summed E-state index contributed by atoms with van der Waals surface area (Å²) in [4.78, 5) is 0. The van der Waals surface area contributed by atoms with Gasteiger partial charge in [-0.15, -0.1) is 0 Å². The SMILES string of the molecule is S=C(NCCc1ccccc1)Nc1cccc(Cn2cccn2)c1. The maximum absolute atomic E-state index is 5.37. The van der Waals surface area contributed by atoms with Crippen LogP contribution in [-0.2, 0) is 13.0 Å². The van der Waals surface area contributed by atoms with Crippen molar-refractivity contribution in [1.29, 1.82) is 0 Å². The highest BCUT2D eigenvalue weighted by atomic mass is 32.1. The third-order valence-electron chi connectivity index (χ3n) is 3.63. The minimum atomic E-state index is 0.641. The number of benzene rings is 2. The standard InChI is InChI=1S/C19H20N4S/c24-19(20-12-10-16-6-2-1-3-7-16)22-18-9-4-8-17(14-18)15-23-13-5-11-21-23/h1-9,11,13-14H,10,12,15H2,(H2,20,22,24). The Balaban J connectivity index is 1.49. The topological polar surface area (TPSA) is 41.9 Å². The van der Waals surface area contributed by atoms with E-state index in [1.54, 1.807) is 6.20 Å². The number of anilines is 1. The maximum atomic E-state index is 5.37. The normalized spacial score (nSPS) is 10.3. The van der Waals surface area contributed by atoms with Gasteiger partial charge in [-0.05, 0) is 48.0 Å². The zero-order valence-corrected chi connectivity index (χ0v) is 14.2. The second-order valence-electron chi connectivity index (χ2n) is 5.52. The molecule has 0 saturated heterocycles. The van der Waals surface area contributed by atoms with E-state index in [2.05, 4.69) is 52.1 Å². The number of thiocarbonyl (C=S) groups is 1. The molecular formula is C19H20N4S. The molecule has 0 atom stereocenters. The second kappa shape index (κ2) is 8.26. The van der Waals surface area contributed by atoms with Gasteiger partial charge in [-0.3, -0.25) is 4.68 Å². The molecular weight excluding hydrogens is 316 g/mol. The van der Waals surface area contributed by atoms with Gasteiger partial charge in [-0.2, -0.15) is 5.10 Å². The predicted molar refractivity (Wildman–Crippen MR) is 102 cm³/mol. The van der Waals surface area contributed by atoms with Crippen molar-refractivity contribution in [3.8, 4) is 0 Å². The highest BCUT2D eigenvalue weighted by molar-refractivity contribution is 7.80. The van der Waals surface area contributed by atoms with Crippen LogP contribution in [0.5, 0.6) is 0 Å². The molecule has 2 N–H and O–H groups in total. The van der Waals surface area contributed by atoms with E-state index in [-0.39, 0.29) is 0 Å². The fourth-order valence-electron chi connectivity index (χ4n) is 2.47. The first-order valence-corrected chi connectivity index (χ1v) is 8.35. The summed E-state index contributed by atoms with van der Waals surface area (Å²) < 4.78 is 1.90. The number of rotatable bonds is 6. The molecule has 0 spiro atoms. The smallest absolute Gasteiger partial charge is 0.170 e. The first-order chi connectivity index (χ1) is 11.8. The van der Waals surface area contributed by atoms with Gasteiger partial charge in [-0.1, -0.05) is 42.5 Å². The van der Waals surface area contributed by atoms with Crippen LogP contribution in [0.25, 0.3) is 0 Å². The highest BCUT2D eigenvalue weighted by Crippen LogP contribution is 2.11. The predicted octanol–water partition coefficient (Wildman–Crippen LogP) is 3.46. The molecule has 24 heavy (non-hydrogen) atoms. The summed E-state index contributed by atoms with van der Waals surface area (Å²) in [6, 6.07) is 20.5. The van der Waals surface area contributed by atoms with Crippen molar-refractivity contribution < 1.29 is 0 Å². The molecule has 4 nitrogen and oxygen atoms in total. The van der Waals surface area contributed by atoms with Crippen LogP contribution in [0.1, 0.15) is 11.1 Å². The van der Waals surface area contributed by atoms with Gasteiger partial charge in [0.15, 0.2) is 5.11 Å². The molecule has 3 rings (SSSR count). The van der Waals surface area contributed by atoms with Gasteiger partial charge in [0, 0.05) is 24.6 Å². The summed E-state index contributed by atoms with van der Waals surface area (Å²) in [5.41, 5.74) is 3.46. The Morgan fingerprint density at radius 3 is 2.62 bits per heavy atom. The molecule has 2 aromatic carbocycles. The molecule has 0 amide bonds. The molecule has 5 heteroatoms. The summed E-state index contributed by atoms with van der Waals surface area (Å²) in [7, 11) is 0. The lowest BCUT2D eigenvalue weighted by molar-refractivity contribution is 0.687. The Kier molecular flexibility index (Phi) is 5.58. The van der Waals surface area contributed by atoms with Crippen molar-refractivity contribution in [1.82, 2.24) is 15.1 Å². The quantitative estimate of drug-likeness (QED) is 0.677. The zero-order valence-electron chi connectivity index (χ0n) is 13.4. The summed E-state index contributed by atoms with van der Waals surface area (Å²) in [6.45, 7) is 1.56. The largest absolute Gasteiger partial charge is 0.362 e. The van der Waals surface area contributed by atoms with E-state index in [1.807, 2.05) is 35.1 Å². The van der Waals surface area contributed by atoms with Gasteiger partial charge in [0.25, 0.3) is 0 Å². The van der Waals surface area contributed by atoms with E-state index < -0.39 is 0 Å². The summed E-state index contributed by atoms with van der Waals surface area (Å²) >= 11 is 5.37. The third kappa shape index (κ3) is 4.93. The van der Waals surface area contributed by atoms with Crippen molar-refractivity contribution in [2.45, 2.75) is 13.0 Å². The number of nitrogens with zero attached hydrogens (tertiary/aromatic N) is 2. The fraction of sp³-hybridized carbons (Fsp3) is 0.158. The Morgan fingerprint density at radius 2 is 1.83 bits per heavy atom. The lowest BCUT2D eigenvalue weighted by atomic mass is 10.1. The molecule has 122 valence electrons. The molecule has 0 unspecified atom stereocenters. The Bertz CT molecular complexity index is 769. The van der Waals surface area contributed by atoms with Crippen LogP contribution in [0, 0.1) is 0 Å². The molecule has 0 aliphatic rings. The van der Waals surface area contributed by atoms with Crippen molar-refractivity contribution >= 4 is 23.0 Å². The van der Waals surface area contributed by atoms with Crippen LogP contribution in [0.2, 0.25) is 0 Å². The van der Waals surface area contributed by atoms with Gasteiger partial charge in [-0.25, -0.2) is 0 Å². The van der Waals surface area contributed by atoms with Crippen LogP contribution in [0.3, 0.4) is 0 Å². The van der Waals surface area contributed by atoms with Gasteiger partial charge in [0.1, 0.15) is 0 Å². The molecule has 1 heterocycles. The number of hydrogen-bond donors (Lipinski definition) is 2. The number of nitrogens with one attached hydrogen (secondary N) is 2. The van der Waals surface area contributed by atoms with E-state index in [0.717, 1.165) is 25.2 Å². The lowest BCUT2D eigenvalue weighted by Crippen LogP contribution is -2.30. The Labute approximate surface area is 147 Å². The average Bonchev–Trinajstić information content (AvgIpc) is 3.09. The first kappa shape index (κ1) is 16.2. The third-order valence-corrected chi connectivity index (χ3v) is 3.88. The van der Waals surface area contributed by atoms with Crippen molar-refractivity contribution in [2.24, 2.45) is 0 Å². The van der Waals surface area contributed by atoms with Gasteiger partial charge < -0.3 is 10.6 Å². The Hall–Kier alpha value is -2.66. The highest BCUT2D eigenvalue weighted by Gasteiger charge is 2.01. The van der Waals surface area contributed by atoms with Gasteiger partial charge in [0.05, 0.1) is 6.54 Å². The monoisotopic (exact) mass is 336 g/mol. The number of aromatic nitrogens is 2. The first-order valence-electron chi connectivity index (χ1n) is 7.95. The van der Waals surface area contributed by atoms with E-state index in [0.29, 0.717) is 5.11 Å². The van der Waals surface area contributed by atoms with E-state index in [9.17, 15) is 0 Å². The summed E-state index contributed by atoms with van der Waals surface area (Å²) in [5, 5.41) is 11.4. The Morgan fingerprint density at radius 1 is 1.00 bits per heavy atom. The molecule has 0 radical (unpaired) electrons. The molecule has 3 aromatic rings. The van der Waals surface area contributed by atoms with Crippen LogP contribution in [-0.4, -0.2) is 21.4 Å². The number of hydrogen-bond acceptors (Lipinski definition) is 2. The molecule has 0 aliphatic heterocycles. The lowest BCUT2D eigenvalue weighted by Gasteiger charge is -2.12. The zero-order chi connectivity index (χ0) is 16.6.